The van der Waals surface area contributed by atoms with E-state index in [4.69, 9.17) is 0 Å². The molecule has 0 saturated carbocycles. The number of fused-ring (bicyclic) bond motifs is 1. The van der Waals surface area contributed by atoms with Gasteiger partial charge in [-0.25, -0.2) is 9.07 Å². The van der Waals surface area contributed by atoms with E-state index < -0.39 is 23.8 Å². The molecule has 0 bridgehead atoms. The number of nitrogens with zero attached hydrogens (tertiary/aromatic N) is 3. The lowest BCUT2D eigenvalue weighted by Gasteiger charge is -2.21. The number of imide groups is 1. The van der Waals surface area contributed by atoms with Crippen LogP contribution in [0.5, 0.6) is 0 Å². The zero-order valence-electron chi connectivity index (χ0n) is 18.2. The van der Waals surface area contributed by atoms with Crippen LogP contribution in [-0.4, -0.2) is 38.4 Å². The lowest BCUT2D eigenvalue weighted by molar-refractivity contribution is -0.119. The molecule has 3 aromatic rings. The van der Waals surface area contributed by atoms with Crippen molar-refractivity contribution in [3.8, 4) is 5.69 Å². The molecule has 3 amide bonds. The Morgan fingerprint density at radius 3 is 2.09 bits per heavy atom. The average molecular weight is 434 g/mol. The van der Waals surface area contributed by atoms with Gasteiger partial charge in [0.05, 0.1) is 22.5 Å². The maximum atomic E-state index is 13.4. The summed E-state index contributed by atoms with van der Waals surface area (Å²) in [6.45, 7) is 7.45. The summed E-state index contributed by atoms with van der Waals surface area (Å²) in [6, 6.07) is 12.9. The van der Waals surface area contributed by atoms with Crippen LogP contribution in [0.15, 0.2) is 54.6 Å². The van der Waals surface area contributed by atoms with Gasteiger partial charge in [0, 0.05) is 11.5 Å². The number of benzene rings is 2. The molecule has 0 spiro atoms. The zero-order valence-corrected chi connectivity index (χ0v) is 18.2. The Morgan fingerprint density at radius 1 is 1.00 bits per heavy atom. The molecule has 8 heteroatoms. The number of anilines is 1. The number of carbonyl (C=O) groups is 3. The molecule has 4 rings (SSSR count). The van der Waals surface area contributed by atoms with Gasteiger partial charge in [-0.05, 0) is 43.3 Å². The van der Waals surface area contributed by atoms with Crippen molar-refractivity contribution in [3.63, 3.8) is 0 Å². The molecule has 1 aliphatic rings. The van der Waals surface area contributed by atoms with E-state index in [0.717, 1.165) is 4.90 Å². The summed E-state index contributed by atoms with van der Waals surface area (Å²) in [5, 5.41) is 7.37. The summed E-state index contributed by atoms with van der Waals surface area (Å²) in [4.78, 5) is 39.5. The van der Waals surface area contributed by atoms with E-state index in [1.165, 1.54) is 23.7 Å². The first kappa shape index (κ1) is 21.4. The maximum Gasteiger partial charge on any atom is 0.262 e. The average Bonchev–Trinajstić information content (AvgIpc) is 3.28. The van der Waals surface area contributed by atoms with Gasteiger partial charge in [0.25, 0.3) is 11.8 Å². The SMILES string of the molecule is CC(C(=O)Nc1cc(C(C)(C)C)nn1-c1ccc(F)cc1)N1C(=O)c2ccccc2C1=O. The van der Waals surface area contributed by atoms with Gasteiger partial charge in [0.1, 0.15) is 17.7 Å². The minimum absolute atomic E-state index is 0.281. The van der Waals surface area contributed by atoms with Gasteiger partial charge in [0.15, 0.2) is 0 Å². The second-order valence-electron chi connectivity index (χ2n) is 8.74. The molecular formula is C24H23FN4O3. The van der Waals surface area contributed by atoms with Gasteiger partial charge in [-0.2, -0.15) is 5.10 Å². The second kappa shape index (κ2) is 7.71. The largest absolute Gasteiger partial charge is 0.309 e. The summed E-state index contributed by atoms with van der Waals surface area (Å²) in [5.74, 6) is -1.58. The fourth-order valence-electron chi connectivity index (χ4n) is 3.52. The molecule has 0 fully saturated rings. The Morgan fingerprint density at radius 2 is 1.56 bits per heavy atom. The molecule has 1 aliphatic heterocycles. The summed E-state index contributed by atoms with van der Waals surface area (Å²) in [6.07, 6.45) is 0. The van der Waals surface area contributed by atoms with Crippen molar-refractivity contribution in [1.29, 1.82) is 0 Å². The Balaban J connectivity index is 1.64. The third kappa shape index (κ3) is 3.68. The van der Waals surface area contributed by atoms with Crippen molar-refractivity contribution in [2.24, 2.45) is 0 Å². The second-order valence-corrected chi connectivity index (χ2v) is 8.74. The Hall–Kier alpha value is -3.81. The van der Waals surface area contributed by atoms with E-state index in [1.807, 2.05) is 20.8 Å². The van der Waals surface area contributed by atoms with Crippen LogP contribution in [0, 0.1) is 5.82 Å². The van der Waals surface area contributed by atoms with Gasteiger partial charge in [0.2, 0.25) is 5.91 Å². The molecule has 0 radical (unpaired) electrons. The smallest absolute Gasteiger partial charge is 0.262 e. The zero-order chi connectivity index (χ0) is 23.2. The molecule has 1 N–H and O–H groups in total. The van der Waals surface area contributed by atoms with E-state index in [9.17, 15) is 18.8 Å². The summed E-state index contributed by atoms with van der Waals surface area (Å²) < 4.78 is 14.9. The number of rotatable bonds is 4. The highest BCUT2D eigenvalue weighted by molar-refractivity contribution is 6.23. The first-order valence-corrected chi connectivity index (χ1v) is 10.2. The van der Waals surface area contributed by atoms with Crippen LogP contribution >= 0.6 is 0 Å². The highest BCUT2D eigenvalue weighted by Crippen LogP contribution is 2.28. The Labute approximate surface area is 184 Å². The maximum absolute atomic E-state index is 13.4. The minimum Gasteiger partial charge on any atom is -0.309 e. The molecule has 32 heavy (non-hydrogen) atoms. The third-order valence-electron chi connectivity index (χ3n) is 5.39. The van der Waals surface area contributed by atoms with Crippen LogP contribution in [0.3, 0.4) is 0 Å². The van der Waals surface area contributed by atoms with Gasteiger partial charge in [-0.15, -0.1) is 0 Å². The van der Waals surface area contributed by atoms with E-state index in [2.05, 4.69) is 10.4 Å². The number of hydrogen-bond donors (Lipinski definition) is 1. The normalized spacial score (nSPS) is 14.5. The van der Waals surface area contributed by atoms with Gasteiger partial charge in [-0.3, -0.25) is 19.3 Å². The van der Waals surface area contributed by atoms with Crippen LogP contribution < -0.4 is 5.32 Å². The fraction of sp³-hybridized carbons (Fsp3) is 0.250. The highest BCUT2D eigenvalue weighted by atomic mass is 19.1. The fourth-order valence-corrected chi connectivity index (χ4v) is 3.52. The number of aromatic nitrogens is 2. The molecule has 0 aliphatic carbocycles. The quantitative estimate of drug-likeness (QED) is 0.631. The highest BCUT2D eigenvalue weighted by Gasteiger charge is 2.40. The minimum atomic E-state index is -1.04. The lowest BCUT2D eigenvalue weighted by atomic mass is 9.92. The number of nitrogens with one attached hydrogen (secondary N) is 1. The lowest BCUT2D eigenvalue weighted by Crippen LogP contribution is -2.45. The number of halogens is 1. The predicted octanol–water partition coefficient (Wildman–Crippen LogP) is 3.93. The topological polar surface area (TPSA) is 84.3 Å². The molecule has 1 aromatic heterocycles. The molecule has 0 saturated heterocycles. The van der Waals surface area contributed by atoms with Gasteiger partial charge >= 0.3 is 0 Å². The summed E-state index contributed by atoms with van der Waals surface area (Å²) in [5.41, 5.74) is 1.53. The van der Waals surface area contributed by atoms with Crippen LogP contribution in [0.2, 0.25) is 0 Å². The van der Waals surface area contributed by atoms with Crippen molar-refractivity contribution < 1.29 is 18.8 Å². The van der Waals surface area contributed by atoms with Crippen LogP contribution in [0.25, 0.3) is 5.69 Å². The van der Waals surface area contributed by atoms with E-state index in [-0.39, 0.29) is 22.4 Å². The molecular weight excluding hydrogens is 411 g/mol. The molecule has 1 unspecified atom stereocenters. The number of carbonyl (C=O) groups excluding carboxylic acids is 3. The van der Waals surface area contributed by atoms with Crippen LogP contribution in [-0.2, 0) is 10.2 Å². The molecule has 1 atom stereocenters. The van der Waals surface area contributed by atoms with Gasteiger partial charge < -0.3 is 5.32 Å². The molecule has 2 aromatic carbocycles. The van der Waals surface area contributed by atoms with Crippen molar-refractivity contribution in [2.75, 3.05) is 5.32 Å². The summed E-state index contributed by atoms with van der Waals surface area (Å²) >= 11 is 0. The standard InChI is InChI=1S/C24H23FN4O3/c1-14(28-22(31)17-7-5-6-8-18(17)23(28)32)21(30)26-20-13-19(24(2,3)4)27-29(20)16-11-9-15(25)10-12-16/h5-14H,1-4H3,(H,26,30). The molecule has 164 valence electrons. The van der Waals surface area contributed by atoms with Crippen molar-refractivity contribution >= 4 is 23.5 Å². The molecule has 2 heterocycles. The first-order chi connectivity index (χ1) is 15.1. The van der Waals surface area contributed by atoms with Crippen LogP contribution in [0.4, 0.5) is 10.2 Å². The summed E-state index contributed by atoms with van der Waals surface area (Å²) in [7, 11) is 0. The first-order valence-electron chi connectivity index (χ1n) is 10.2. The Kier molecular flexibility index (Phi) is 5.16. The van der Waals surface area contributed by atoms with E-state index in [1.54, 1.807) is 42.5 Å². The Bertz CT molecular complexity index is 1190. The van der Waals surface area contributed by atoms with Crippen LogP contribution in [0.1, 0.15) is 54.1 Å². The number of amides is 3. The van der Waals surface area contributed by atoms with E-state index >= 15 is 0 Å². The van der Waals surface area contributed by atoms with Crippen molar-refractivity contribution in [2.45, 2.75) is 39.2 Å². The molecule has 7 nitrogen and oxygen atoms in total. The van der Waals surface area contributed by atoms with Crippen molar-refractivity contribution in [3.05, 3.63) is 77.2 Å². The number of hydrogen-bond acceptors (Lipinski definition) is 4. The monoisotopic (exact) mass is 434 g/mol. The van der Waals surface area contributed by atoms with E-state index in [0.29, 0.717) is 17.2 Å². The predicted molar refractivity (Wildman–Crippen MR) is 117 cm³/mol. The van der Waals surface area contributed by atoms with Crippen molar-refractivity contribution in [1.82, 2.24) is 14.7 Å². The third-order valence-corrected chi connectivity index (χ3v) is 5.39. The van der Waals surface area contributed by atoms with Gasteiger partial charge in [-0.1, -0.05) is 32.9 Å².